The number of hydrogen-bond acceptors (Lipinski definition) is 3. The van der Waals surface area contributed by atoms with E-state index in [1.165, 1.54) is 35.1 Å². The molecule has 2 aromatic carbocycles. The number of benzene rings is 2. The second kappa shape index (κ2) is 6.83. The Hall–Kier alpha value is -3.42. The number of aromatic nitrogens is 2. The van der Waals surface area contributed by atoms with Crippen LogP contribution in [0.25, 0.3) is 5.69 Å². The molecule has 0 aliphatic rings. The van der Waals surface area contributed by atoms with Gasteiger partial charge in [0.15, 0.2) is 6.29 Å². The maximum Gasteiger partial charge on any atom is 0.259 e. The Kier molecular flexibility index (Phi) is 4.57. The van der Waals surface area contributed by atoms with Crippen molar-refractivity contribution in [3.05, 3.63) is 76.9 Å². The number of carbonyl (C=O) groups is 2. The van der Waals surface area contributed by atoms with Gasteiger partial charge in [-0.15, -0.1) is 0 Å². The second-order valence-corrected chi connectivity index (χ2v) is 5.47. The minimum Gasteiger partial charge on any atom is -0.322 e. The van der Waals surface area contributed by atoms with Crippen LogP contribution in [-0.2, 0) is 0 Å². The van der Waals surface area contributed by atoms with Crippen molar-refractivity contribution in [1.82, 2.24) is 9.78 Å². The zero-order valence-electron chi connectivity index (χ0n) is 13.5. The van der Waals surface area contributed by atoms with Crippen molar-refractivity contribution in [2.75, 3.05) is 5.32 Å². The number of anilines is 1. The predicted molar refractivity (Wildman–Crippen MR) is 88.0 cm³/mol. The van der Waals surface area contributed by atoms with E-state index >= 15 is 0 Å². The summed E-state index contributed by atoms with van der Waals surface area (Å²) in [7, 11) is 0. The molecule has 1 aromatic heterocycles. The molecule has 0 radical (unpaired) electrons. The lowest BCUT2D eigenvalue weighted by Gasteiger charge is -2.06. The van der Waals surface area contributed by atoms with Crippen LogP contribution in [0.15, 0.2) is 42.6 Å². The summed E-state index contributed by atoms with van der Waals surface area (Å²) in [5.74, 6) is -3.19. The van der Waals surface area contributed by atoms with Crippen LogP contribution in [0.3, 0.4) is 0 Å². The number of carbonyl (C=O) groups excluding carboxylic acids is 2. The molecule has 8 heteroatoms. The average molecular weight is 359 g/mol. The summed E-state index contributed by atoms with van der Waals surface area (Å²) in [4.78, 5) is 23.0. The summed E-state index contributed by atoms with van der Waals surface area (Å²) >= 11 is 0. The van der Waals surface area contributed by atoms with E-state index in [2.05, 4.69) is 10.4 Å². The summed E-state index contributed by atoms with van der Waals surface area (Å²) in [6.07, 6.45) is 1.48. The molecule has 5 nitrogen and oxygen atoms in total. The van der Waals surface area contributed by atoms with Gasteiger partial charge in [-0.2, -0.15) is 5.10 Å². The number of aldehydes is 1. The lowest BCUT2D eigenvalue weighted by atomic mass is 10.2. The SMILES string of the molecule is Cc1nn(-c2ccc(F)cc2)cc1C(=O)Nc1cc(F)c(C=O)c(F)c1. The molecule has 0 bridgehead atoms. The monoisotopic (exact) mass is 359 g/mol. The number of halogens is 3. The molecule has 132 valence electrons. The molecule has 1 heterocycles. The van der Waals surface area contributed by atoms with Gasteiger partial charge in [-0.25, -0.2) is 17.9 Å². The van der Waals surface area contributed by atoms with Crippen LogP contribution in [0.4, 0.5) is 18.9 Å². The van der Waals surface area contributed by atoms with E-state index in [1.54, 1.807) is 6.92 Å². The van der Waals surface area contributed by atoms with Crippen molar-refractivity contribution in [2.24, 2.45) is 0 Å². The highest BCUT2D eigenvalue weighted by Crippen LogP contribution is 2.19. The normalized spacial score (nSPS) is 10.6. The van der Waals surface area contributed by atoms with Crippen LogP contribution >= 0.6 is 0 Å². The number of nitrogens with one attached hydrogen (secondary N) is 1. The molecule has 0 aliphatic heterocycles. The van der Waals surface area contributed by atoms with E-state index in [0.29, 0.717) is 11.4 Å². The van der Waals surface area contributed by atoms with Gasteiger partial charge in [-0.1, -0.05) is 0 Å². The maximum absolute atomic E-state index is 13.6. The van der Waals surface area contributed by atoms with E-state index < -0.39 is 28.9 Å². The third-order valence-corrected chi connectivity index (χ3v) is 3.69. The van der Waals surface area contributed by atoms with Gasteiger partial charge in [0.2, 0.25) is 0 Å². The van der Waals surface area contributed by atoms with Crippen molar-refractivity contribution < 1.29 is 22.8 Å². The van der Waals surface area contributed by atoms with Gasteiger partial charge in [-0.05, 0) is 43.3 Å². The molecule has 0 spiro atoms. The van der Waals surface area contributed by atoms with Crippen LogP contribution in [-0.4, -0.2) is 22.0 Å². The Bertz CT molecular complexity index is 974. The van der Waals surface area contributed by atoms with Crippen molar-refractivity contribution in [2.45, 2.75) is 6.92 Å². The van der Waals surface area contributed by atoms with Crippen LogP contribution in [0, 0.1) is 24.4 Å². The fourth-order valence-corrected chi connectivity index (χ4v) is 2.38. The Morgan fingerprint density at radius 2 is 1.73 bits per heavy atom. The number of rotatable bonds is 4. The average Bonchev–Trinajstić information content (AvgIpc) is 2.97. The zero-order chi connectivity index (χ0) is 18.8. The number of nitrogens with zero attached hydrogens (tertiary/aromatic N) is 2. The third-order valence-electron chi connectivity index (χ3n) is 3.69. The predicted octanol–water partition coefficient (Wildman–Crippen LogP) is 3.66. The van der Waals surface area contributed by atoms with Gasteiger partial charge in [0, 0.05) is 11.9 Å². The molecule has 0 atom stereocenters. The molecule has 3 aromatic rings. The van der Waals surface area contributed by atoms with Gasteiger partial charge in [-0.3, -0.25) is 9.59 Å². The Morgan fingerprint density at radius 3 is 2.31 bits per heavy atom. The molecular weight excluding hydrogens is 347 g/mol. The van der Waals surface area contributed by atoms with Gasteiger partial charge in [0.25, 0.3) is 5.91 Å². The molecule has 1 N–H and O–H groups in total. The standard InChI is InChI=1S/C18H12F3N3O2/c1-10-14(8-24(23-10)13-4-2-11(19)3-5-13)18(26)22-12-6-16(20)15(9-25)17(21)7-12/h2-9H,1H3,(H,22,26). The second-order valence-electron chi connectivity index (χ2n) is 5.47. The molecule has 0 aliphatic carbocycles. The van der Waals surface area contributed by atoms with Crippen molar-refractivity contribution >= 4 is 17.9 Å². The largest absolute Gasteiger partial charge is 0.322 e. The van der Waals surface area contributed by atoms with E-state index in [0.717, 1.165) is 12.1 Å². The molecule has 0 saturated carbocycles. The highest BCUT2D eigenvalue weighted by atomic mass is 19.1. The lowest BCUT2D eigenvalue weighted by molar-refractivity contribution is 0.102. The molecule has 1 amide bonds. The maximum atomic E-state index is 13.6. The lowest BCUT2D eigenvalue weighted by Crippen LogP contribution is -2.13. The van der Waals surface area contributed by atoms with Gasteiger partial charge in [0.05, 0.1) is 22.5 Å². The van der Waals surface area contributed by atoms with Gasteiger partial charge in [0.1, 0.15) is 17.5 Å². The quantitative estimate of drug-likeness (QED) is 0.723. The molecular formula is C18H12F3N3O2. The first-order valence-corrected chi connectivity index (χ1v) is 7.47. The molecule has 26 heavy (non-hydrogen) atoms. The summed E-state index contributed by atoms with van der Waals surface area (Å²) in [6.45, 7) is 1.59. The van der Waals surface area contributed by atoms with Crippen molar-refractivity contribution in [3.8, 4) is 5.69 Å². The van der Waals surface area contributed by atoms with Crippen molar-refractivity contribution in [1.29, 1.82) is 0 Å². The van der Waals surface area contributed by atoms with E-state index in [4.69, 9.17) is 0 Å². The van der Waals surface area contributed by atoms with Crippen LogP contribution < -0.4 is 5.32 Å². The molecule has 0 unspecified atom stereocenters. The fraction of sp³-hybridized carbons (Fsp3) is 0.0556. The molecule has 3 rings (SSSR count). The first-order valence-electron chi connectivity index (χ1n) is 7.47. The van der Waals surface area contributed by atoms with Gasteiger partial charge >= 0.3 is 0 Å². The van der Waals surface area contributed by atoms with Crippen molar-refractivity contribution in [3.63, 3.8) is 0 Å². The smallest absolute Gasteiger partial charge is 0.259 e. The van der Waals surface area contributed by atoms with Crippen LogP contribution in [0.2, 0.25) is 0 Å². The first-order chi connectivity index (χ1) is 12.4. The first kappa shape index (κ1) is 17.4. The van der Waals surface area contributed by atoms with E-state index in [-0.39, 0.29) is 17.5 Å². The topological polar surface area (TPSA) is 64.0 Å². The highest BCUT2D eigenvalue weighted by molar-refractivity contribution is 6.05. The van der Waals surface area contributed by atoms with Gasteiger partial charge < -0.3 is 5.32 Å². The fourth-order valence-electron chi connectivity index (χ4n) is 2.38. The zero-order valence-corrected chi connectivity index (χ0v) is 13.5. The number of aryl methyl sites for hydroxylation is 1. The number of amides is 1. The molecule has 0 saturated heterocycles. The van der Waals surface area contributed by atoms with E-state index in [9.17, 15) is 22.8 Å². The van der Waals surface area contributed by atoms with E-state index in [1.807, 2.05) is 0 Å². The Morgan fingerprint density at radius 1 is 1.12 bits per heavy atom. The molecule has 0 fully saturated rings. The minimum atomic E-state index is -1.07. The van der Waals surface area contributed by atoms with Crippen LogP contribution in [0.1, 0.15) is 26.4 Å². The minimum absolute atomic E-state index is 0.0626. The summed E-state index contributed by atoms with van der Waals surface area (Å²) in [5.41, 5.74) is 0.251. The third kappa shape index (κ3) is 3.34. The Labute approximate surface area is 146 Å². The summed E-state index contributed by atoms with van der Waals surface area (Å²) < 4.78 is 41.7. The summed E-state index contributed by atoms with van der Waals surface area (Å²) in [5, 5.41) is 6.53. The number of hydrogen-bond donors (Lipinski definition) is 1. The Balaban J connectivity index is 1.87. The highest BCUT2D eigenvalue weighted by Gasteiger charge is 2.17. The summed E-state index contributed by atoms with van der Waals surface area (Å²) in [6, 6.07) is 7.20. The van der Waals surface area contributed by atoms with Crippen LogP contribution in [0.5, 0.6) is 0 Å².